The third kappa shape index (κ3) is 5.18. The maximum Gasteiger partial charge on any atom is 0.293 e. The van der Waals surface area contributed by atoms with Gasteiger partial charge in [0.15, 0.2) is 5.11 Å². The first kappa shape index (κ1) is 22.4. The van der Waals surface area contributed by atoms with E-state index in [-0.39, 0.29) is 23.0 Å². The Morgan fingerprint density at radius 3 is 2.64 bits per heavy atom. The number of aliphatic hydroxyl groups excluding tert-OH is 1. The molecule has 0 unspecified atom stereocenters. The van der Waals surface area contributed by atoms with Gasteiger partial charge in [-0.2, -0.15) is 0 Å². The molecule has 0 spiro atoms. The maximum absolute atomic E-state index is 12.7. The Balaban J connectivity index is 1.44. The van der Waals surface area contributed by atoms with Crippen molar-refractivity contribution in [1.29, 1.82) is 0 Å². The van der Waals surface area contributed by atoms with Gasteiger partial charge in [0.25, 0.3) is 11.6 Å². The van der Waals surface area contributed by atoms with Crippen LogP contribution in [0.4, 0.5) is 17.1 Å². The van der Waals surface area contributed by atoms with Crippen molar-refractivity contribution in [1.82, 2.24) is 5.32 Å². The first-order valence-corrected chi connectivity index (χ1v) is 10.8. The Kier molecular flexibility index (Phi) is 6.66. The van der Waals surface area contributed by atoms with E-state index in [0.29, 0.717) is 22.9 Å². The second-order valence-electron chi connectivity index (χ2n) is 7.57. The molecule has 4 rings (SSSR count). The summed E-state index contributed by atoms with van der Waals surface area (Å²) in [7, 11) is 0. The van der Waals surface area contributed by atoms with E-state index in [4.69, 9.17) is 21.7 Å². The predicted molar refractivity (Wildman–Crippen MR) is 128 cm³/mol. The SMILES string of the molecule is O=C(NC(=S)Nc1cccc(-c2ccc(CO)o2)c1)c1ccc(N2CCCC2)c([N+](=O)[O-])c1. The van der Waals surface area contributed by atoms with Crippen LogP contribution < -0.4 is 15.5 Å². The number of furan rings is 1. The van der Waals surface area contributed by atoms with Crippen LogP contribution in [0.1, 0.15) is 29.0 Å². The lowest BCUT2D eigenvalue weighted by atomic mass is 10.1. The number of carbonyl (C=O) groups is 1. The van der Waals surface area contributed by atoms with Crippen molar-refractivity contribution in [3.63, 3.8) is 0 Å². The number of benzene rings is 2. The standard InChI is InChI=1S/C23H22N4O5S/c28-14-18-7-9-21(32-18)15-4-3-5-17(12-15)24-23(33)25-22(29)16-6-8-19(20(13-16)27(30)31)26-10-1-2-11-26/h3-9,12-13,28H,1-2,10-11,14H2,(H2,24,25,29,33). The number of nitrogens with zero attached hydrogens (tertiary/aromatic N) is 2. The van der Waals surface area contributed by atoms with Gasteiger partial charge in [0.05, 0.1) is 4.92 Å². The van der Waals surface area contributed by atoms with Crippen LogP contribution in [0.15, 0.2) is 59.0 Å². The monoisotopic (exact) mass is 466 g/mol. The van der Waals surface area contributed by atoms with Crippen molar-refractivity contribution >= 4 is 40.3 Å². The minimum Gasteiger partial charge on any atom is -0.459 e. The lowest BCUT2D eigenvalue weighted by molar-refractivity contribution is -0.384. The smallest absolute Gasteiger partial charge is 0.293 e. The molecule has 9 nitrogen and oxygen atoms in total. The van der Waals surface area contributed by atoms with Crippen LogP contribution in [-0.2, 0) is 6.61 Å². The molecule has 0 aliphatic carbocycles. The summed E-state index contributed by atoms with van der Waals surface area (Å²) in [5, 5.41) is 26.3. The number of amides is 1. The van der Waals surface area contributed by atoms with E-state index in [0.717, 1.165) is 31.5 Å². The highest BCUT2D eigenvalue weighted by atomic mass is 32.1. The zero-order valence-electron chi connectivity index (χ0n) is 17.6. The Morgan fingerprint density at radius 2 is 1.94 bits per heavy atom. The summed E-state index contributed by atoms with van der Waals surface area (Å²) in [4.78, 5) is 25.7. The Bertz CT molecular complexity index is 1200. The molecular formula is C23H22N4O5S. The fourth-order valence-electron chi connectivity index (χ4n) is 3.74. The van der Waals surface area contributed by atoms with Crippen molar-refractivity contribution in [3.8, 4) is 11.3 Å². The number of thiocarbonyl (C=S) groups is 1. The quantitative estimate of drug-likeness (QED) is 0.282. The first-order valence-electron chi connectivity index (χ1n) is 10.4. The average molecular weight is 467 g/mol. The lowest BCUT2D eigenvalue weighted by Crippen LogP contribution is -2.34. The molecule has 1 aliphatic rings. The van der Waals surface area contributed by atoms with Crippen molar-refractivity contribution in [2.24, 2.45) is 0 Å². The molecule has 2 aromatic carbocycles. The van der Waals surface area contributed by atoms with Crippen LogP contribution in [0, 0.1) is 10.1 Å². The summed E-state index contributed by atoms with van der Waals surface area (Å²) >= 11 is 5.25. The molecule has 0 atom stereocenters. The fraction of sp³-hybridized carbons (Fsp3) is 0.217. The van der Waals surface area contributed by atoms with Crippen molar-refractivity contribution in [3.05, 3.63) is 76.0 Å². The zero-order chi connectivity index (χ0) is 23.4. The number of nitrogens with one attached hydrogen (secondary N) is 2. The van der Waals surface area contributed by atoms with Crippen LogP contribution in [0.25, 0.3) is 11.3 Å². The first-order chi connectivity index (χ1) is 15.9. The van der Waals surface area contributed by atoms with Gasteiger partial charge in [-0.25, -0.2) is 0 Å². The van der Waals surface area contributed by atoms with Crippen LogP contribution in [0.2, 0.25) is 0 Å². The number of hydrogen-bond acceptors (Lipinski definition) is 7. The molecule has 0 saturated carbocycles. The molecule has 1 saturated heterocycles. The number of anilines is 2. The maximum atomic E-state index is 12.7. The van der Waals surface area contributed by atoms with Gasteiger partial charge in [-0.1, -0.05) is 12.1 Å². The molecule has 10 heteroatoms. The van der Waals surface area contributed by atoms with Gasteiger partial charge in [-0.05, 0) is 61.5 Å². The molecule has 0 radical (unpaired) electrons. The highest BCUT2D eigenvalue weighted by Crippen LogP contribution is 2.31. The molecular weight excluding hydrogens is 444 g/mol. The van der Waals surface area contributed by atoms with Crippen molar-refractivity contribution in [2.45, 2.75) is 19.4 Å². The fourth-order valence-corrected chi connectivity index (χ4v) is 3.95. The molecule has 1 fully saturated rings. The molecule has 3 N–H and O–H groups in total. The van der Waals surface area contributed by atoms with E-state index in [1.54, 1.807) is 42.5 Å². The number of nitro benzene ring substituents is 1. The third-order valence-corrected chi connectivity index (χ3v) is 5.53. The van der Waals surface area contributed by atoms with Crippen molar-refractivity contribution < 1.29 is 19.2 Å². The molecule has 0 bridgehead atoms. The van der Waals surface area contributed by atoms with Crippen LogP contribution >= 0.6 is 12.2 Å². The van der Waals surface area contributed by atoms with Crippen LogP contribution in [0.3, 0.4) is 0 Å². The molecule has 1 amide bonds. The molecule has 3 aromatic rings. The Hall–Kier alpha value is -3.76. The van der Waals surface area contributed by atoms with Crippen LogP contribution in [0.5, 0.6) is 0 Å². The van der Waals surface area contributed by atoms with E-state index in [1.165, 1.54) is 6.07 Å². The summed E-state index contributed by atoms with van der Waals surface area (Å²) in [5.74, 6) is 0.498. The van der Waals surface area contributed by atoms with Crippen molar-refractivity contribution in [2.75, 3.05) is 23.3 Å². The number of hydrogen-bond donors (Lipinski definition) is 3. The molecule has 2 heterocycles. The summed E-state index contributed by atoms with van der Waals surface area (Å²) in [6, 6.07) is 15.1. The topological polar surface area (TPSA) is 121 Å². The Morgan fingerprint density at radius 1 is 1.15 bits per heavy atom. The van der Waals surface area contributed by atoms with E-state index in [9.17, 15) is 14.9 Å². The summed E-state index contributed by atoms with van der Waals surface area (Å²) in [6.07, 6.45) is 1.98. The number of carbonyl (C=O) groups excluding carboxylic acids is 1. The number of aliphatic hydroxyl groups is 1. The van der Waals surface area contributed by atoms with E-state index in [1.807, 2.05) is 11.0 Å². The predicted octanol–water partition coefficient (Wildman–Crippen LogP) is 4.07. The van der Waals surface area contributed by atoms with Gasteiger partial charge in [0.1, 0.15) is 23.8 Å². The second-order valence-corrected chi connectivity index (χ2v) is 7.98. The van der Waals surface area contributed by atoms with Gasteiger partial charge in [-0.15, -0.1) is 0 Å². The minimum atomic E-state index is -0.543. The molecule has 1 aliphatic heterocycles. The highest BCUT2D eigenvalue weighted by molar-refractivity contribution is 7.80. The van der Waals surface area contributed by atoms with Gasteiger partial charge in [0, 0.05) is 36.0 Å². The molecule has 170 valence electrons. The third-order valence-electron chi connectivity index (χ3n) is 5.33. The highest BCUT2D eigenvalue weighted by Gasteiger charge is 2.24. The number of rotatable bonds is 6. The largest absolute Gasteiger partial charge is 0.459 e. The lowest BCUT2D eigenvalue weighted by Gasteiger charge is -2.18. The summed E-state index contributed by atoms with van der Waals surface area (Å²) in [6.45, 7) is 1.34. The van der Waals surface area contributed by atoms with Gasteiger partial charge in [-0.3, -0.25) is 20.2 Å². The summed E-state index contributed by atoms with van der Waals surface area (Å²) in [5.41, 5.74) is 1.96. The van der Waals surface area contributed by atoms with Crippen LogP contribution in [-0.4, -0.2) is 34.1 Å². The Labute approximate surface area is 195 Å². The van der Waals surface area contributed by atoms with Gasteiger partial charge in [0.2, 0.25) is 0 Å². The molecule has 1 aromatic heterocycles. The molecule has 33 heavy (non-hydrogen) atoms. The zero-order valence-corrected chi connectivity index (χ0v) is 18.4. The minimum absolute atomic E-state index is 0.0546. The number of nitro groups is 1. The normalized spacial score (nSPS) is 13.1. The van der Waals surface area contributed by atoms with Gasteiger partial charge >= 0.3 is 0 Å². The van der Waals surface area contributed by atoms with E-state index >= 15 is 0 Å². The van der Waals surface area contributed by atoms with E-state index in [2.05, 4.69) is 10.6 Å². The summed E-state index contributed by atoms with van der Waals surface area (Å²) < 4.78 is 5.54. The average Bonchev–Trinajstić information content (AvgIpc) is 3.51. The second kappa shape index (κ2) is 9.80. The van der Waals surface area contributed by atoms with Gasteiger partial charge < -0.3 is 19.7 Å². The van der Waals surface area contributed by atoms with E-state index < -0.39 is 10.8 Å².